The molecule has 1 atom stereocenters. The molecule has 1 rings (SSSR count). The summed E-state index contributed by atoms with van der Waals surface area (Å²) >= 11 is 0. The summed E-state index contributed by atoms with van der Waals surface area (Å²) in [5.74, 6) is 0.181. The van der Waals surface area contributed by atoms with Gasteiger partial charge in [-0.2, -0.15) is 0 Å². The summed E-state index contributed by atoms with van der Waals surface area (Å²) in [7, 11) is 0. The number of hydrogen-bond acceptors (Lipinski definition) is 1. The number of carbonyl (C=O) groups is 1. The molecule has 0 saturated heterocycles. The van der Waals surface area contributed by atoms with Gasteiger partial charge in [-0.3, -0.25) is 4.79 Å². The molecule has 1 fully saturated rings. The van der Waals surface area contributed by atoms with Gasteiger partial charge in [-0.25, -0.2) is 12.7 Å². The minimum atomic E-state index is 0. The standard InChI is InChI=1S/C15H21NO.Y/c1-4-7-9-13-10-8-11-14(13)15(17)16(6-3)12-5-2;/h4-5,9,12,14H,1-3,6-8,10-11H2;/q-2;/b13-9+;/t14-;/m1./s1. The van der Waals surface area contributed by atoms with Gasteiger partial charge in [0.2, 0.25) is 5.91 Å². The van der Waals surface area contributed by atoms with Crippen molar-refractivity contribution in [3.05, 3.63) is 50.4 Å². The first-order valence-electron chi connectivity index (χ1n) is 6.10. The zero-order valence-electron chi connectivity index (χ0n) is 11.0. The Kier molecular flexibility index (Phi) is 9.40. The van der Waals surface area contributed by atoms with Gasteiger partial charge < -0.3 is 11.8 Å². The average molecular weight is 320 g/mol. The third-order valence-corrected chi connectivity index (χ3v) is 3.06. The van der Waals surface area contributed by atoms with Crippen molar-refractivity contribution < 1.29 is 37.5 Å². The van der Waals surface area contributed by atoms with Crippen LogP contribution in [0.25, 0.3) is 0 Å². The normalized spacial score (nSPS) is 20.1. The molecule has 0 aromatic rings. The zero-order chi connectivity index (χ0) is 12.7. The first-order chi connectivity index (χ1) is 8.24. The van der Waals surface area contributed by atoms with E-state index in [1.165, 1.54) is 5.57 Å². The van der Waals surface area contributed by atoms with Crippen molar-refractivity contribution in [2.75, 3.05) is 6.54 Å². The minimum absolute atomic E-state index is 0. The van der Waals surface area contributed by atoms with E-state index in [-0.39, 0.29) is 44.5 Å². The summed E-state index contributed by atoms with van der Waals surface area (Å²) in [5.41, 5.74) is 1.26. The van der Waals surface area contributed by atoms with Crippen LogP contribution in [-0.4, -0.2) is 17.4 Å². The van der Waals surface area contributed by atoms with E-state index >= 15 is 0 Å². The molecule has 0 aromatic carbocycles. The fourth-order valence-corrected chi connectivity index (χ4v) is 2.22. The Morgan fingerprint density at radius 1 is 1.56 bits per heavy atom. The second-order valence-electron chi connectivity index (χ2n) is 4.16. The molecule has 1 saturated carbocycles. The first-order valence-corrected chi connectivity index (χ1v) is 6.10. The maximum absolute atomic E-state index is 12.3. The molecule has 18 heavy (non-hydrogen) atoms. The minimum Gasteiger partial charge on any atom is -0.426 e. The fourth-order valence-electron chi connectivity index (χ4n) is 2.22. The zero-order valence-corrected chi connectivity index (χ0v) is 13.8. The summed E-state index contributed by atoms with van der Waals surface area (Å²) in [6.45, 7) is 13.3. The van der Waals surface area contributed by atoms with Crippen LogP contribution in [0.5, 0.6) is 0 Å². The van der Waals surface area contributed by atoms with E-state index in [9.17, 15) is 4.79 Å². The van der Waals surface area contributed by atoms with Crippen molar-refractivity contribution in [1.82, 2.24) is 4.90 Å². The number of hydrogen-bond donors (Lipinski definition) is 0. The van der Waals surface area contributed by atoms with Gasteiger partial charge in [-0.15, -0.1) is 19.7 Å². The van der Waals surface area contributed by atoms with Crippen LogP contribution < -0.4 is 0 Å². The Morgan fingerprint density at radius 2 is 2.28 bits per heavy atom. The fraction of sp³-hybridized carbons (Fsp3) is 0.400. The molecule has 3 heteroatoms. The maximum Gasteiger partial charge on any atom is 0.215 e. The maximum atomic E-state index is 12.3. The van der Waals surface area contributed by atoms with Crippen LogP contribution in [0.3, 0.4) is 0 Å². The van der Waals surface area contributed by atoms with Crippen LogP contribution in [0.2, 0.25) is 0 Å². The van der Waals surface area contributed by atoms with Crippen LogP contribution in [-0.2, 0) is 37.5 Å². The van der Waals surface area contributed by atoms with Gasteiger partial charge in [-0.1, -0.05) is 17.7 Å². The van der Waals surface area contributed by atoms with Gasteiger partial charge in [0.1, 0.15) is 0 Å². The Bertz CT molecular complexity index is 322. The van der Waals surface area contributed by atoms with E-state index < -0.39 is 0 Å². The van der Waals surface area contributed by atoms with Crippen molar-refractivity contribution in [3.8, 4) is 0 Å². The molecule has 1 amide bonds. The van der Waals surface area contributed by atoms with Crippen LogP contribution in [0.4, 0.5) is 0 Å². The molecule has 0 aliphatic heterocycles. The van der Waals surface area contributed by atoms with E-state index in [1.807, 2.05) is 6.08 Å². The van der Waals surface area contributed by atoms with Crippen LogP contribution in [0.15, 0.2) is 37.0 Å². The summed E-state index contributed by atoms with van der Waals surface area (Å²) < 4.78 is 0. The molecule has 1 radical (unpaired) electrons. The molecule has 2 nitrogen and oxygen atoms in total. The summed E-state index contributed by atoms with van der Waals surface area (Å²) in [4.78, 5) is 13.9. The van der Waals surface area contributed by atoms with Gasteiger partial charge >= 0.3 is 0 Å². The third kappa shape index (κ3) is 4.74. The topological polar surface area (TPSA) is 20.3 Å². The SMILES string of the molecule is C=C[CH-]N(C[CH2-])C(=O)[C@@H]1CCC/C1=C\CC=C.[Y]. The molecule has 0 aromatic heterocycles. The van der Waals surface area contributed by atoms with E-state index in [2.05, 4.69) is 26.2 Å². The Hall–Kier alpha value is -0.336. The van der Waals surface area contributed by atoms with E-state index in [1.54, 1.807) is 17.5 Å². The molecule has 0 spiro atoms. The van der Waals surface area contributed by atoms with E-state index in [0.717, 1.165) is 25.7 Å². The number of rotatable bonds is 6. The first kappa shape index (κ1) is 17.7. The number of amides is 1. The van der Waals surface area contributed by atoms with Crippen LogP contribution >= 0.6 is 0 Å². The van der Waals surface area contributed by atoms with Crippen molar-refractivity contribution in [1.29, 1.82) is 0 Å². The largest absolute Gasteiger partial charge is 0.426 e. The van der Waals surface area contributed by atoms with Gasteiger partial charge in [0.15, 0.2) is 0 Å². The van der Waals surface area contributed by atoms with E-state index in [0.29, 0.717) is 6.54 Å². The van der Waals surface area contributed by atoms with Gasteiger partial charge in [0.25, 0.3) is 0 Å². The summed E-state index contributed by atoms with van der Waals surface area (Å²) in [6, 6.07) is 0. The Labute approximate surface area is 136 Å². The quantitative estimate of drug-likeness (QED) is 0.543. The molecule has 1 aliphatic rings. The molecule has 1 aliphatic carbocycles. The second kappa shape index (κ2) is 9.58. The Balaban J connectivity index is 0.00000289. The molecule has 0 heterocycles. The molecule has 0 unspecified atom stereocenters. The molecule has 0 bridgehead atoms. The van der Waals surface area contributed by atoms with Gasteiger partial charge in [-0.05, 0) is 25.7 Å². The number of nitrogens with zero attached hydrogens (tertiary/aromatic N) is 1. The molecular formula is C15H21NOY-2. The van der Waals surface area contributed by atoms with Crippen molar-refractivity contribution in [2.45, 2.75) is 25.7 Å². The average Bonchev–Trinajstić information content (AvgIpc) is 2.80. The van der Waals surface area contributed by atoms with E-state index in [4.69, 9.17) is 0 Å². The molecule has 97 valence electrons. The smallest absolute Gasteiger partial charge is 0.215 e. The van der Waals surface area contributed by atoms with Gasteiger partial charge in [0, 0.05) is 32.7 Å². The van der Waals surface area contributed by atoms with Crippen LogP contribution in [0.1, 0.15) is 25.7 Å². The molecular weight excluding hydrogens is 299 g/mol. The number of carbonyl (C=O) groups excluding carboxylic acids is 1. The summed E-state index contributed by atoms with van der Waals surface area (Å²) in [6.07, 6.45) is 9.55. The molecule has 0 N–H and O–H groups in total. The second-order valence-corrected chi connectivity index (χ2v) is 4.16. The van der Waals surface area contributed by atoms with Crippen molar-refractivity contribution in [3.63, 3.8) is 0 Å². The number of allylic oxidation sites excluding steroid dienone is 2. The van der Waals surface area contributed by atoms with Crippen molar-refractivity contribution in [2.24, 2.45) is 5.92 Å². The predicted molar refractivity (Wildman–Crippen MR) is 71.8 cm³/mol. The Morgan fingerprint density at radius 3 is 2.83 bits per heavy atom. The third-order valence-electron chi connectivity index (χ3n) is 3.06. The monoisotopic (exact) mass is 320 g/mol. The van der Waals surface area contributed by atoms with Crippen LogP contribution in [0, 0.1) is 19.4 Å². The predicted octanol–water partition coefficient (Wildman–Crippen LogP) is 3.30. The van der Waals surface area contributed by atoms with Gasteiger partial charge in [0.05, 0.1) is 5.92 Å². The summed E-state index contributed by atoms with van der Waals surface area (Å²) in [5, 5.41) is 0. The van der Waals surface area contributed by atoms with Crippen molar-refractivity contribution >= 4 is 5.91 Å².